The monoisotopic (exact) mass is 407 g/mol. The van der Waals surface area contributed by atoms with E-state index in [1.54, 1.807) is 0 Å². The molecule has 0 aliphatic heterocycles. The molecular formula is C31H21N. The van der Waals surface area contributed by atoms with Crippen LogP contribution in [-0.2, 0) is 6.54 Å². The highest BCUT2D eigenvalue weighted by molar-refractivity contribution is 6.09. The molecule has 0 radical (unpaired) electrons. The molecule has 1 aromatic heterocycles. The zero-order chi connectivity index (χ0) is 21.8. The summed E-state index contributed by atoms with van der Waals surface area (Å²) in [7, 11) is 0. The molecular weight excluding hydrogens is 386 g/mol. The Bertz CT molecular complexity index is 1430. The lowest BCUT2D eigenvalue weighted by atomic mass is 10.1. The first-order valence-electron chi connectivity index (χ1n) is 10.6. The van der Waals surface area contributed by atoms with Gasteiger partial charge in [0.15, 0.2) is 0 Å². The van der Waals surface area contributed by atoms with Crippen LogP contribution in [0.2, 0.25) is 0 Å². The number of benzene rings is 4. The van der Waals surface area contributed by atoms with E-state index in [-0.39, 0.29) is 0 Å². The Morgan fingerprint density at radius 1 is 0.562 bits per heavy atom. The van der Waals surface area contributed by atoms with E-state index >= 15 is 0 Å². The van der Waals surface area contributed by atoms with Crippen molar-refractivity contribution in [2.24, 2.45) is 0 Å². The van der Waals surface area contributed by atoms with E-state index in [9.17, 15) is 0 Å². The Morgan fingerprint density at radius 2 is 1.00 bits per heavy atom. The molecule has 5 rings (SSSR count). The predicted molar refractivity (Wildman–Crippen MR) is 134 cm³/mol. The van der Waals surface area contributed by atoms with E-state index < -0.39 is 0 Å². The Morgan fingerprint density at radius 3 is 1.44 bits per heavy atom. The van der Waals surface area contributed by atoms with Crippen LogP contribution in [-0.4, -0.2) is 4.57 Å². The molecule has 0 atom stereocenters. The Balaban J connectivity index is 1.63. The predicted octanol–water partition coefficient (Wildman–Crippen LogP) is 6.78. The number of aromatic nitrogens is 1. The maximum absolute atomic E-state index is 3.94. The van der Waals surface area contributed by atoms with Gasteiger partial charge >= 0.3 is 0 Å². The molecule has 0 fully saturated rings. The van der Waals surface area contributed by atoms with Gasteiger partial charge in [-0.15, -0.1) is 6.58 Å². The van der Waals surface area contributed by atoms with Crippen LogP contribution in [0.3, 0.4) is 0 Å². The third-order valence-electron chi connectivity index (χ3n) is 5.43. The minimum absolute atomic E-state index is 0.754. The van der Waals surface area contributed by atoms with Crippen molar-refractivity contribution < 1.29 is 0 Å². The minimum Gasteiger partial charge on any atom is -0.337 e. The van der Waals surface area contributed by atoms with Gasteiger partial charge in [0, 0.05) is 50.6 Å². The van der Waals surface area contributed by atoms with Crippen molar-refractivity contribution in [2.75, 3.05) is 0 Å². The van der Waals surface area contributed by atoms with Crippen molar-refractivity contribution in [3.63, 3.8) is 0 Å². The molecule has 0 unspecified atom stereocenters. The summed E-state index contributed by atoms with van der Waals surface area (Å²) >= 11 is 0. The van der Waals surface area contributed by atoms with Gasteiger partial charge in [-0.05, 0) is 60.7 Å². The molecule has 1 heteroatoms. The second-order valence-electron chi connectivity index (χ2n) is 7.60. The SMILES string of the molecule is C=CCn1c2ccc(C#Cc3ccccc3)cc2c2cc(C#Cc3ccccc3)ccc21. The summed E-state index contributed by atoms with van der Waals surface area (Å²) in [5.74, 6) is 13.1. The fraction of sp³-hybridized carbons (Fsp3) is 0.0323. The Kier molecular flexibility index (Phi) is 5.32. The maximum Gasteiger partial charge on any atom is 0.0495 e. The number of hydrogen-bond donors (Lipinski definition) is 0. The smallest absolute Gasteiger partial charge is 0.0495 e. The zero-order valence-corrected chi connectivity index (χ0v) is 17.7. The second-order valence-corrected chi connectivity index (χ2v) is 7.60. The topological polar surface area (TPSA) is 4.93 Å². The van der Waals surface area contributed by atoms with Crippen LogP contribution in [0.1, 0.15) is 22.3 Å². The number of hydrogen-bond acceptors (Lipinski definition) is 0. The van der Waals surface area contributed by atoms with Gasteiger partial charge in [0.1, 0.15) is 0 Å². The lowest BCUT2D eigenvalue weighted by Gasteiger charge is -2.03. The second kappa shape index (κ2) is 8.73. The molecule has 150 valence electrons. The third kappa shape index (κ3) is 3.93. The summed E-state index contributed by atoms with van der Waals surface area (Å²) in [6, 6.07) is 33.0. The van der Waals surface area contributed by atoms with Gasteiger partial charge in [-0.25, -0.2) is 0 Å². The number of fused-ring (bicyclic) bond motifs is 3. The van der Waals surface area contributed by atoms with Crippen LogP contribution in [0.5, 0.6) is 0 Å². The van der Waals surface area contributed by atoms with E-state index in [0.717, 1.165) is 28.8 Å². The molecule has 0 N–H and O–H groups in total. The summed E-state index contributed by atoms with van der Waals surface area (Å²) in [5.41, 5.74) is 6.39. The van der Waals surface area contributed by atoms with Crippen molar-refractivity contribution >= 4 is 21.8 Å². The molecule has 4 aromatic carbocycles. The van der Waals surface area contributed by atoms with Gasteiger partial charge in [0.25, 0.3) is 0 Å². The fourth-order valence-corrected chi connectivity index (χ4v) is 3.92. The highest BCUT2D eigenvalue weighted by atomic mass is 15.0. The van der Waals surface area contributed by atoms with E-state index in [0.29, 0.717) is 0 Å². The normalized spacial score (nSPS) is 10.2. The van der Waals surface area contributed by atoms with Crippen molar-refractivity contribution in [1.82, 2.24) is 4.57 Å². The maximum atomic E-state index is 3.94. The van der Waals surface area contributed by atoms with Crippen molar-refractivity contribution in [1.29, 1.82) is 0 Å². The molecule has 5 aromatic rings. The van der Waals surface area contributed by atoms with E-state index in [2.05, 4.69) is 71.2 Å². The van der Waals surface area contributed by atoms with Gasteiger partial charge < -0.3 is 4.57 Å². The standard InChI is InChI=1S/C31H21N/c1-2-21-32-30-19-17-26(15-13-24-9-5-3-6-10-24)22-28(30)29-23-27(18-20-31(29)32)16-14-25-11-7-4-8-12-25/h2-12,17-20,22-23H,1,21H2. The molecule has 0 aliphatic rings. The first-order valence-corrected chi connectivity index (χ1v) is 10.6. The van der Waals surface area contributed by atoms with Crippen molar-refractivity contribution in [2.45, 2.75) is 6.54 Å². The fourth-order valence-electron chi connectivity index (χ4n) is 3.92. The number of allylic oxidation sites excluding steroid dienone is 1. The molecule has 0 amide bonds. The summed E-state index contributed by atoms with van der Waals surface area (Å²) in [6.07, 6.45) is 1.94. The Hall–Kier alpha value is -4.46. The number of nitrogens with zero attached hydrogens (tertiary/aromatic N) is 1. The van der Waals surface area contributed by atoms with E-state index in [1.165, 1.54) is 21.8 Å². The minimum atomic E-state index is 0.754. The van der Waals surface area contributed by atoms with Gasteiger partial charge in [0.05, 0.1) is 0 Å². The van der Waals surface area contributed by atoms with E-state index in [4.69, 9.17) is 0 Å². The van der Waals surface area contributed by atoms with Crippen molar-refractivity contribution in [3.8, 4) is 23.7 Å². The van der Waals surface area contributed by atoms with Gasteiger partial charge in [-0.2, -0.15) is 0 Å². The quantitative estimate of drug-likeness (QED) is 0.224. The van der Waals surface area contributed by atoms with Gasteiger partial charge in [-0.3, -0.25) is 0 Å². The van der Waals surface area contributed by atoms with Crippen LogP contribution in [0.25, 0.3) is 21.8 Å². The first-order chi connectivity index (χ1) is 15.8. The molecule has 0 saturated heterocycles. The molecule has 32 heavy (non-hydrogen) atoms. The average molecular weight is 408 g/mol. The lowest BCUT2D eigenvalue weighted by molar-refractivity contribution is 0.901. The molecule has 1 nitrogen and oxygen atoms in total. The molecule has 0 bridgehead atoms. The van der Waals surface area contributed by atoms with Crippen LogP contribution in [0, 0.1) is 23.7 Å². The van der Waals surface area contributed by atoms with Crippen LogP contribution in [0.4, 0.5) is 0 Å². The zero-order valence-electron chi connectivity index (χ0n) is 17.7. The summed E-state index contributed by atoms with van der Waals surface area (Å²) < 4.78 is 2.29. The van der Waals surface area contributed by atoms with Gasteiger partial charge in [0.2, 0.25) is 0 Å². The number of rotatable bonds is 2. The third-order valence-corrected chi connectivity index (χ3v) is 5.43. The summed E-state index contributed by atoms with van der Waals surface area (Å²) in [5, 5.41) is 2.37. The van der Waals surface area contributed by atoms with Crippen LogP contribution >= 0.6 is 0 Å². The highest BCUT2D eigenvalue weighted by Gasteiger charge is 2.10. The largest absolute Gasteiger partial charge is 0.337 e. The summed E-state index contributed by atoms with van der Waals surface area (Å²) in [6.45, 7) is 4.70. The van der Waals surface area contributed by atoms with Crippen LogP contribution < -0.4 is 0 Å². The summed E-state index contributed by atoms with van der Waals surface area (Å²) in [4.78, 5) is 0. The van der Waals surface area contributed by atoms with Crippen LogP contribution in [0.15, 0.2) is 110 Å². The van der Waals surface area contributed by atoms with Gasteiger partial charge in [-0.1, -0.05) is 66.2 Å². The Labute approximate surface area is 188 Å². The first kappa shape index (κ1) is 19.5. The molecule has 1 heterocycles. The van der Waals surface area contributed by atoms with Crippen molar-refractivity contribution in [3.05, 3.63) is 132 Å². The molecule has 0 spiro atoms. The van der Waals surface area contributed by atoms with E-state index in [1.807, 2.05) is 66.7 Å². The molecule has 0 aliphatic carbocycles. The lowest BCUT2D eigenvalue weighted by Crippen LogP contribution is -1.94. The average Bonchev–Trinajstić information content (AvgIpc) is 3.15. The highest BCUT2D eigenvalue weighted by Crippen LogP contribution is 2.30. The molecule has 0 saturated carbocycles.